The number of nitrogens with zero attached hydrogens (tertiary/aromatic N) is 4. The Hall–Kier alpha value is -2.51. The molecule has 7 heteroatoms. The highest BCUT2D eigenvalue weighted by Gasteiger charge is 2.15. The van der Waals surface area contributed by atoms with Gasteiger partial charge in [0.2, 0.25) is 0 Å². The Kier molecular flexibility index (Phi) is 4.36. The lowest BCUT2D eigenvalue weighted by molar-refractivity contribution is 0.134. The van der Waals surface area contributed by atoms with Crippen molar-refractivity contribution in [1.29, 1.82) is 0 Å². The molecule has 0 aliphatic heterocycles. The van der Waals surface area contributed by atoms with Gasteiger partial charge in [-0.1, -0.05) is 0 Å². The number of aliphatic hydroxyl groups is 1. The van der Waals surface area contributed by atoms with Crippen LogP contribution in [0.25, 0.3) is 21.3 Å². The number of fused-ring (bicyclic) bond motifs is 2. The van der Waals surface area contributed by atoms with Crippen LogP contribution in [0.3, 0.4) is 0 Å². The molecule has 27 heavy (non-hydrogen) atoms. The van der Waals surface area contributed by atoms with Crippen LogP contribution in [-0.4, -0.2) is 30.3 Å². The van der Waals surface area contributed by atoms with E-state index in [4.69, 9.17) is 0 Å². The van der Waals surface area contributed by atoms with E-state index >= 15 is 0 Å². The van der Waals surface area contributed by atoms with Gasteiger partial charge in [-0.3, -0.25) is 9.36 Å². The van der Waals surface area contributed by atoms with E-state index in [0.29, 0.717) is 11.9 Å². The van der Waals surface area contributed by atoms with Crippen LogP contribution in [-0.2, 0) is 13.1 Å². The largest absolute Gasteiger partial charge is 0.389 e. The molecule has 0 radical (unpaired) electrons. The van der Waals surface area contributed by atoms with Crippen LogP contribution in [0.1, 0.15) is 21.6 Å². The highest BCUT2D eigenvalue weighted by molar-refractivity contribution is 7.18. The van der Waals surface area contributed by atoms with E-state index in [-0.39, 0.29) is 12.1 Å². The second kappa shape index (κ2) is 6.58. The first-order valence-electron chi connectivity index (χ1n) is 8.90. The number of aliphatic hydroxyl groups excluding tert-OH is 1. The zero-order valence-corrected chi connectivity index (χ0v) is 16.7. The maximum absolute atomic E-state index is 12.8. The molecule has 4 rings (SSSR count). The number of rotatable bonds is 4. The molecule has 1 aromatic carbocycles. The fraction of sp³-hybridized carbons (Fsp3) is 0.350. The van der Waals surface area contributed by atoms with E-state index in [1.165, 1.54) is 33.4 Å². The van der Waals surface area contributed by atoms with Crippen molar-refractivity contribution in [3.8, 4) is 0 Å². The van der Waals surface area contributed by atoms with Crippen molar-refractivity contribution in [2.24, 2.45) is 0 Å². The molecule has 4 aromatic rings. The summed E-state index contributed by atoms with van der Waals surface area (Å²) in [6.07, 6.45) is 2.55. The highest BCUT2D eigenvalue weighted by atomic mass is 32.1. The molecule has 0 bridgehead atoms. The van der Waals surface area contributed by atoms with Gasteiger partial charge in [-0.25, -0.2) is 9.97 Å². The highest BCUT2D eigenvalue weighted by Crippen LogP contribution is 2.25. The molecule has 0 fully saturated rings. The molecule has 0 saturated heterocycles. The van der Waals surface area contributed by atoms with Crippen molar-refractivity contribution >= 4 is 32.6 Å². The maximum atomic E-state index is 12.8. The number of aromatic nitrogens is 4. The van der Waals surface area contributed by atoms with Gasteiger partial charge in [-0.15, -0.1) is 11.3 Å². The van der Waals surface area contributed by atoms with Gasteiger partial charge >= 0.3 is 0 Å². The van der Waals surface area contributed by atoms with Crippen molar-refractivity contribution in [2.75, 3.05) is 0 Å². The van der Waals surface area contributed by atoms with E-state index in [2.05, 4.69) is 35.9 Å². The molecule has 0 saturated carbocycles. The van der Waals surface area contributed by atoms with Gasteiger partial charge in [0.1, 0.15) is 4.83 Å². The minimum Gasteiger partial charge on any atom is -0.389 e. The van der Waals surface area contributed by atoms with Crippen LogP contribution in [0.15, 0.2) is 29.6 Å². The quantitative estimate of drug-likeness (QED) is 0.589. The monoisotopic (exact) mass is 382 g/mol. The summed E-state index contributed by atoms with van der Waals surface area (Å²) < 4.78 is 3.43. The van der Waals surface area contributed by atoms with Crippen molar-refractivity contribution in [1.82, 2.24) is 19.1 Å². The maximum Gasteiger partial charge on any atom is 0.262 e. The summed E-state index contributed by atoms with van der Waals surface area (Å²) in [5.74, 6) is 0. The molecule has 0 aliphatic rings. The van der Waals surface area contributed by atoms with Gasteiger partial charge in [0.25, 0.3) is 5.56 Å². The normalized spacial score (nSPS) is 12.9. The predicted octanol–water partition coefficient (Wildman–Crippen LogP) is 3.10. The Morgan fingerprint density at radius 1 is 1.04 bits per heavy atom. The van der Waals surface area contributed by atoms with Crippen LogP contribution in [0.5, 0.6) is 0 Å². The summed E-state index contributed by atoms with van der Waals surface area (Å²) in [5, 5.41) is 11.3. The van der Waals surface area contributed by atoms with Crippen LogP contribution in [0.4, 0.5) is 0 Å². The first kappa shape index (κ1) is 17.9. The molecule has 0 spiro atoms. The number of imidazole rings is 1. The fourth-order valence-electron chi connectivity index (χ4n) is 3.37. The smallest absolute Gasteiger partial charge is 0.262 e. The second-order valence-corrected chi connectivity index (χ2v) is 8.34. The standard InChI is InChI=1S/C20H22N4O2S/c1-11-5-16-17(6-12(11)2)23(9-21-16)7-15(25)8-24-10-22-19-18(20(24)26)13(3)14(4)27-19/h5-6,9-10,15,25H,7-8H2,1-4H3/t15-/m1/s1. The average molecular weight is 382 g/mol. The molecule has 3 aromatic heterocycles. The van der Waals surface area contributed by atoms with E-state index in [1.807, 2.05) is 18.4 Å². The molecule has 0 aliphatic carbocycles. The second-order valence-electron chi connectivity index (χ2n) is 7.14. The number of thiophene rings is 1. The minimum atomic E-state index is -0.721. The molecule has 0 amide bonds. The van der Waals surface area contributed by atoms with E-state index in [9.17, 15) is 9.90 Å². The molecule has 1 N–H and O–H groups in total. The lowest BCUT2D eigenvalue weighted by atomic mass is 10.1. The average Bonchev–Trinajstić information content (AvgIpc) is 3.12. The molecule has 0 unspecified atom stereocenters. The zero-order valence-electron chi connectivity index (χ0n) is 15.9. The van der Waals surface area contributed by atoms with E-state index in [1.54, 1.807) is 6.33 Å². The number of benzene rings is 1. The van der Waals surface area contributed by atoms with Crippen LogP contribution < -0.4 is 5.56 Å². The van der Waals surface area contributed by atoms with Gasteiger partial charge in [0.05, 0.1) is 48.3 Å². The SMILES string of the molecule is Cc1cc2ncn(C[C@@H](O)Cn3cnc4sc(C)c(C)c4c3=O)c2cc1C. The third-order valence-electron chi connectivity index (χ3n) is 5.21. The van der Waals surface area contributed by atoms with Crippen LogP contribution in [0, 0.1) is 27.7 Å². The molecule has 3 heterocycles. The van der Waals surface area contributed by atoms with Gasteiger partial charge in [-0.2, -0.15) is 0 Å². The third-order valence-corrected chi connectivity index (χ3v) is 6.32. The number of aryl methyl sites for hydroxylation is 4. The Morgan fingerprint density at radius 3 is 2.48 bits per heavy atom. The van der Waals surface area contributed by atoms with Crippen molar-refractivity contribution in [2.45, 2.75) is 46.9 Å². The van der Waals surface area contributed by atoms with Crippen molar-refractivity contribution in [3.63, 3.8) is 0 Å². The topological polar surface area (TPSA) is 72.9 Å². The van der Waals surface area contributed by atoms with Gasteiger partial charge in [-0.05, 0) is 56.5 Å². The van der Waals surface area contributed by atoms with Gasteiger partial charge < -0.3 is 9.67 Å². The number of hydrogen-bond donors (Lipinski definition) is 1. The first-order valence-corrected chi connectivity index (χ1v) is 9.72. The summed E-state index contributed by atoms with van der Waals surface area (Å²) in [6.45, 7) is 8.63. The Bertz CT molecular complexity index is 1220. The van der Waals surface area contributed by atoms with Gasteiger partial charge in [0.15, 0.2) is 0 Å². The van der Waals surface area contributed by atoms with Gasteiger partial charge in [0, 0.05) is 4.88 Å². The Balaban J connectivity index is 1.62. The summed E-state index contributed by atoms with van der Waals surface area (Å²) in [5.41, 5.74) is 5.16. The van der Waals surface area contributed by atoms with Crippen molar-refractivity contribution < 1.29 is 5.11 Å². The first-order chi connectivity index (χ1) is 12.8. The lowest BCUT2D eigenvalue weighted by Crippen LogP contribution is -2.29. The minimum absolute atomic E-state index is 0.0946. The number of hydrogen-bond acceptors (Lipinski definition) is 5. The summed E-state index contributed by atoms with van der Waals surface area (Å²) >= 11 is 1.53. The molecule has 1 atom stereocenters. The van der Waals surface area contributed by atoms with Crippen LogP contribution >= 0.6 is 11.3 Å². The Labute approximate surface area is 160 Å². The Morgan fingerprint density at radius 2 is 1.70 bits per heavy atom. The molecular weight excluding hydrogens is 360 g/mol. The third kappa shape index (κ3) is 3.07. The summed E-state index contributed by atoms with van der Waals surface area (Å²) in [4.78, 5) is 23.5. The summed E-state index contributed by atoms with van der Waals surface area (Å²) in [7, 11) is 0. The van der Waals surface area contributed by atoms with E-state index in [0.717, 1.165) is 26.3 Å². The molecule has 6 nitrogen and oxygen atoms in total. The lowest BCUT2D eigenvalue weighted by Gasteiger charge is -2.14. The predicted molar refractivity (Wildman–Crippen MR) is 109 cm³/mol. The fourth-order valence-corrected chi connectivity index (χ4v) is 4.36. The van der Waals surface area contributed by atoms with Crippen molar-refractivity contribution in [3.05, 3.63) is 56.7 Å². The van der Waals surface area contributed by atoms with Crippen LogP contribution in [0.2, 0.25) is 0 Å². The molecule has 140 valence electrons. The summed E-state index contributed by atoms with van der Waals surface area (Å²) in [6, 6.07) is 4.14. The molecular formula is C20H22N4O2S. The zero-order chi connectivity index (χ0) is 19.3. The van der Waals surface area contributed by atoms with E-state index < -0.39 is 6.10 Å².